The van der Waals surface area contributed by atoms with Crippen molar-refractivity contribution in [3.05, 3.63) is 35.9 Å². The molecule has 2 rings (SSSR count). The van der Waals surface area contributed by atoms with Crippen molar-refractivity contribution < 1.29 is 4.79 Å². The van der Waals surface area contributed by atoms with Gasteiger partial charge in [-0.15, -0.1) is 0 Å². The molecule has 0 saturated carbocycles. The molecule has 0 atom stereocenters. The highest BCUT2D eigenvalue weighted by atomic mass is 32.2. The van der Waals surface area contributed by atoms with Gasteiger partial charge >= 0.3 is 0 Å². The van der Waals surface area contributed by atoms with E-state index in [1.807, 2.05) is 18.2 Å². The first-order valence-electron chi connectivity index (χ1n) is 5.26. The number of aliphatic imine (C=N–C) groups is 1. The Morgan fingerprint density at radius 2 is 2.19 bits per heavy atom. The molecule has 1 amide bonds. The predicted octanol–water partition coefficient (Wildman–Crippen LogP) is 2.14. The first-order chi connectivity index (χ1) is 7.77. The number of amidine groups is 1. The Kier molecular flexibility index (Phi) is 3.62. The van der Waals surface area contributed by atoms with E-state index in [4.69, 9.17) is 0 Å². The van der Waals surface area contributed by atoms with Gasteiger partial charge in [-0.25, -0.2) is 0 Å². The minimum Gasteiger partial charge on any atom is -0.290 e. The Hall–Kier alpha value is -1.29. The molecule has 1 heterocycles. The van der Waals surface area contributed by atoms with Gasteiger partial charge in [-0.3, -0.25) is 14.7 Å². The van der Waals surface area contributed by atoms with E-state index in [0.29, 0.717) is 0 Å². The second kappa shape index (κ2) is 5.16. The lowest BCUT2D eigenvalue weighted by Crippen LogP contribution is -2.30. The van der Waals surface area contributed by atoms with E-state index in [9.17, 15) is 4.79 Å². The van der Waals surface area contributed by atoms with Gasteiger partial charge in [0.25, 0.3) is 0 Å². The molecule has 1 aliphatic rings. The van der Waals surface area contributed by atoms with E-state index in [2.05, 4.69) is 17.1 Å². The number of carbonyl (C=O) groups is 1. The number of hydrogen-bond acceptors (Lipinski definition) is 3. The third-order valence-electron chi connectivity index (χ3n) is 2.39. The topological polar surface area (TPSA) is 32.7 Å². The highest BCUT2D eigenvalue weighted by Gasteiger charge is 2.20. The summed E-state index contributed by atoms with van der Waals surface area (Å²) in [4.78, 5) is 17.4. The first-order valence-corrected chi connectivity index (χ1v) is 6.25. The number of amides is 1. The smallest absolute Gasteiger partial charge is 0.225 e. The fourth-order valence-electron chi connectivity index (χ4n) is 1.56. The molecule has 1 aromatic rings. The van der Waals surface area contributed by atoms with E-state index < -0.39 is 0 Å². The summed E-state index contributed by atoms with van der Waals surface area (Å²) < 4.78 is 0. The summed E-state index contributed by atoms with van der Waals surface area (Å²) in [6, 6.07) is 10.2. The van der Waals surface area contributed by atoms with Crippen LogP contribution in [0.15, 0.2) is 35.3 Å². The maximum atomic E-state index is 11.3. The Morgan fingerprint density at radius 1 is 1.44 bits per heavy atom. The minimum atomic E-state index is 0.0804. The van der Waals surface area contributed by atoms with Crippen molar-refractivity contribution >= 4 is 22.8 Å². The van der Waals surface area contributed by atoms with Crippen molar-refractivity contribution in [2.45, 2.75) is 12.7 Å². The van der Waals surface area contributed by atoms with Gasteiger partial charge in [0.1, 0.15) is 0 Å². The number of nitrogens with zero attached hydrogens (tertiary/aromatic N) is 2. The van der Waals surface area contributed by atoms with Crippen LogP contribution in [-0.4, -0.2) is 29.1 Å². The third-order valence-corrected chi connectivity index (χ3v) is 3.48. The molecule has 0 radical (unpaired) electrons. The summed E-state index contributed by atoms with van der Waals surface area (Å²) in [5.41, 5.74) is 1.26. The molecule has 0 unspecified atom stereocenters. The van der Waals surface area contributed by atoms with Crippen LogP contribution in [0.25, 0.3) is 0 Å². The Bertz CT molecular complexity index is 403. The van der Waals surface area contributed by atoms with Crippen LogP contribution in [0.3, 0.4) is 0 Å². The molecule has 0 aliphatic carbocycles. The van der Waals surface area contributed by atoms with Gasteiger partial charge in [0.05, 0.1) is 6.54 Å². The van der Waals surface area contributed by atoms with Crippen LogP contribution < -0.4 is 0 Å². The lowest BCUT2D eigenvalue weighted by molar-refractivity contribution is -0.124. The van der Waals surface area contributed by atoms with Crippen molar-refractivity contribution in [2.24, 2.45) is 4.99 Å². The average molecular weight is 234 g/mol. The average Bonchev–Trinajstić information content (AvgIpc) is 2.76. The quantitative estimate of drug-likeness (QED) is 0.785. The zero-order valence-corrected chi connectivity index (χ0v) is 10.0. The Balaban J connectivity index is 1.93. The fourth-order valence-corrected chi connectivity index (χ4v) is 2.61. The van der Waals surface area contributed by atoms with Crippen molar-refractivity contribution in [3.63, 3.8) is 0 Å². The van der Waals surface area contributed by atoms with Crippen molar-refractivity contribution in [2.75, 3.05) is 13.1 Å². The number of carbonyl (C=O) groups excluding carboxylic acids is 1. The highest BCUT2D eigenvalue weighted by Crippen LogP contribution is 2.19. The Morgan fingerprint density at radius 3 is 2.88 bits per heavy atom. The van der Waals surface area contributed by atoms with Crippen LogP contribution in [0.5, 0.6) is 0 Å². The standard InChI is InChI=1S/C12H14N2OS/c1-10(15)14-8-7-13-12(14)16-9-11-5-3-2-4-6-11/h2-6H,7-9H2,1H3. The van der Waals surface area contributed by atoms with Crippen LogP contribution in [0.1, 0.15) is 12.5 Å². The molecule has 84 valence electrons. The highest BCUT2D eigenvalue weighted by molar-refractivity contribution is 8.13. The largest absolute Gasteiger partial charge is 0.290 e. The van der Waals surface area contributed by atoms with E-state index in [-0.39, 0.29) is 5.91 Å². The number of benzene rings is 1. The van der Waals surface area contributed by atoms with E-state index in [1.165, 1.54) is 5.56 Å². The van der Waals surface area contributed by atoms with Gasteiger partial charge in [0.2, 0.25) is 5.91 Å². The van der Waals surface area contributed by atoms with Crippen LogP contribution in [0.4, 0.5) is 0 Å². The summed E-state index contributed by atoms with van der Waals surface area (Å²) >= 11 is 1.63. The number of rotatable bonds is 2. The maximum absolute atomic E-state index is 11.3. The van der Waals surface area contributed by atoms with E-state index >= 15 is 0 Å². The van der Waals surface area contributed by atoms with Gasteiger partial charge in [0.15, 0.2) is 5.17 Å². The first kappa shape index (κ1) is 11.2. The Labute approximate surface area is 99.6 Å². The zero-order valence-electron chi connectivity index (χ0n) is 9.22. The molecule has 0 spiro atoms. The molecule has 1 aliphatic heterocycles. The van der Waals surface area contributed by atoms with Crippen molar-refractivity contribution in [3.8, 4) is 0 Å². The summed E-state index contributed by atoms with van der Waals surface area (Å²) in [5.74, 6) is 0.945. The normalized spacial score (nSPS) is 15.1. The van der Waals surface area contributed by atoms with Crippen LogP contribution in [0, 0.1) is 0 Å². The molecule has 1 aromatic carbocycles. The predicted molar refractivity (Wildman–Crippen MR) is 67.4 cm³/mol. The zero-order chi connectivity index (χ0) is 11.4. The number of thioether (sulfide) groups is 1. The molecule has 16 heavy (non-hydrogen) atoms. The number of hydrogen-bond donors (Lipinski definition) is 0. The summed E-state index contributed by atoms with van der Waals surface area (Å²) in [5, 5.41) is 0.858. The second-order valence-electron chi connectivity index (χ2n) is 3.61. The van der Waals surface area contributed by atoms with Crippen LogP contribution in [0.2, 0.25) is 0 Å². The van der Waals surface area contributed by atoms with Gasteiger partial charge in [-0.1, -0.05) is 42.1 Å². The van der Waals surface area contributed by atoms with Gasteiger partial charge in [-0.2, -0.15) is 0 Å². The molecule has 0 saturated heterocycles. The van der Waals surface area contributed by atoms with E-state index in [0.717, 1.165) is 24.0 Å². The molecule has 0 aromatic heterocycles. The van der Waals surface area contributed by atoms with Crippen LogP contribution >= 0.6 is 11.8 Å². The van der Waals surface area contributed by atoms with Crippen LogP contribution in [-0.2, 0) is 10.5 Å². The van der Waals surface area contributed by atoms with E-state index in [1.54, 1.807) is 23.6 Å². The lowest BCUT2D eigenvalue weighted by Gasteiger charge is -2.15. The maximum Gasteiger partial charge on any atom is 0.225 e. The fraction of sp³-hybridized carbons (Fsp3) is 0.333. The van der Waals surface area contributed by atoms with Gasteiger partial charge < -0.3 is 0 Å². The molecule has 4 heteroatoms. The lowest BCUT2D eigenvalue weighted by atomic mass is 10.2. The molecule has 3 nitrogen and oxygen atoms in total. The summed E-state index contributed by atoms with van der Waals surface area (Å²) in [7, 11) is 0. The molecular weight excluding hydrogens is 220 g/mol. The third kappa shape index (κ3) is 2.64. The monoisotopic (exact) mass is 234 g/mol. The van der Waals surface area contributed by atoms with Crippen molar-refractivity contribution in [1.82, 2.24) is 4.90 Å². The van der Waals surface area contributed by atoms with Gasteiger partial charge in [-0.05, 0) is 5.56 Å². The molecule has 0 bridgehead atoms. The van der Waals surface area contributed by atoms with Crippen molar-refractivity contribution in [1.29, 1.82) is 0 Å². The SMILES string of the molecule is CC(=O)N1CCN=C1SCc1ccccc1. The minimum absolute atomic E-state index is 0.0804. The summed E-state index contributed by atoms with van der Waals surface area (Å²) in [6.45, 7) is 3.05. The van der Waals surface area contributed by atoms with Gasteiger partial charge in [0, 0.05) is 19.2 Å². The molecule has 0 fully saturated rings. The second-order valence-corrected chi connectivity index (χ2v) is 4.55. The summed E-state index contributed by atoms with van der Waals surface area (Å²) in [6.07, 6.45) is 0. The molecular formula is C12H14N2OS. The molecule has 0 N–H and O–H groups in total.